The van der Waals surface area contributed by atoms with Gasteiger partial charge < -0.3 is 0 Å². The van der Waals surface area contributed by atoms with Crippen LogP contribution in [-0.4, -0.2) is 8.80 Å². The molecule has 0 unspecified atom stereocenters. The summed E-state index contributed by atoms with van der Waals surface area (Å²) in [6.07, 6.45) is 12.1. The fourth-order valence-corrected chi connectivity index (χ4v) is 8.14. The molecule has 1 saturated heterocycles. The van der Waals surface area contributed by atoms with Crippen LogP contribution < -0.4 is 0 Å². The van der Waals surface area contributed by atoms with E-state index in [4.69, 9.17) is 0 Å². The molecule has 1 aromatic rings. The van der Waals surface area contributed by atoms with Gasteiger partial charge in [-0.1, -0.05) is 63.2 Å². The molecular weight excluding hydrogens is 330 g/mol. The molecular formula is C22H33F2Si. The Kier molecular flexibility index (Phi) is 7.09. The fraction of sp³-hybridized carbons (Fsp3) is 0.727. The van der Waals surface area contributed by atoms with Crippen molar-refractivity contribution in [3.63, 3.8) is 0 Å². The maximum absolute atomic E-state index is 13.5. The van der Waals surface area contributed by atoms with E-state index in [1.165, 1.54) is 57.1 Å². The van der Waals surface area contributed by atoms with Gasteiger partial charge in [0, 0.05) is 8.80 Å². The predicted octanol–water partition coefficient (Wildman–Crippen LogP) is 7.33. The second kappa shape index (κ2) is 9.30. The summed E-state index contributed by atoms with van der Waals surface area (Å²) in [5.41, 5.74) is 1.00. The number of benzene rings is 1. The van der Waals surface area contributed by atoms with Gasteiger partial charge in [0.1, 0.15) is 0 Å². The molecule has 0 nitrogen and oxygen atoms in total. The predicted molar refractivity (Wildman–Crippen MR) is 103 cm³/mol. The van der Waals surface area contributed by atoms with Crippen molar-refractivity contribution in [3.8, 4) is 0 Å². The van der Waals surface area contributed by atoms with Gasteiger partial charge in [0.2, 0.25) is 0 Å². The minimum absolute atomic E-state index is 0.0299. The molecule has 2 fully saturated rings. The lowest BCUT2D eigenvalue weighted by Crippen LogP contribution is -2.28. The number of hydrogen-bond donors (Lipinski definition) is 0. The van der Waals surface area contributed by atoms with Crippen LogP contribution in [0.4, 0.5) is 8.78 Å². The molecule has 1 aliphatic heterocycles. The van der Waals surface area contributed by atoms with E-state index in [0.717, 1.165) is 30.2 Å². The van der Waals surface area contributed by atoms with E-state index >= 15 is 0 Å². The summed E-state index contributed by atoms with van der Waals surface area (Å²) < 4.78 is 26.6. The lowest BCUT2D eigenvalue weighted by molar-refractivity contribution is 0.216. The molecule has 139 valence electrons. The molecule has 1 heterocycles. The Morgan fingerprint density at radius 3 is 2.20 bits per heavy atom. The van der Waals surface area contributed by atoms with E-state index in [9.17, 15) is 8.78 Å². The van der Waals surface area contributed by atoms with Crippen LogP contribution in [0.5, 0.6) is 0 Å². The van der Waals surface area contributed by atoms with Crippen molar-refractivity contribution in [2.24, 2.45) is 11.8 Å². The van der Waals surface area contributed by atoms with E-state index < -0.39 is 11.6 Å². The highest BCUT2D eigenvalue weighted by Gasteiger charge is 2.31. The van der Waals surface area contributed by atoms with Gasteiger partial charge in [0.25, 0.3) is 0 Å². The van der Waals surface area contributed by atoms with Crippen LogP contribution in [0.15, 0.2) is 18.2 Å². The van der Waals surface area contributed by atoms with Crippen molar-refractivity contribution >= 4 is 8.80 Å². The largest absolute Gasteiger partial charge is 0.204 e. The zero-order valence-electron chi connectivity index (χ0n) is 15.7. The fourth-order valence-electron chi connectivity index (χ4n) is 5.09. The molecule has 1 aliphatic carbocycles. The Hall–Kier alpha value is -0.703. The first-order chi connectivity index (χ1) is 12.2. The normalized spacial score (nSPS) is 26.0. The van der Waals surface area contributed by atoms with Gasteiger partial charge in [-0.15, -0.1) is 0 Å². The van der Waals surface area contributed by atoms with Gasteiger partial charge in [-0.2, -0.15) is 0 Å². The van der Waals surface area contributed by atoms with Crippen LogP contribution in [0.3, 0.4) is 0 Å². The average molecular weight is 364 g/mol. The lowest BCUT2D eigenvalue weighted by atomic mass is 9.72. The molecule has 3 rings (SSSR count). The van der Waals surface area contributed by atoms with Gasteiger partial charge in [0.05, 0.1) is 0 Å². The standard InChI is InChI=1S/C22H33F2Si/c1-2-3-4-13-25-14-11-19(12-15-25)17-5-7-18(8-6-17)20-9-10-21(23)22(24)16-20/h9-10,16-19H,2-8,11-15H2,1H3. The van der Waals surface area contributed by atoms with E-state index in [2.05, 4.69) is 6.92 Å². The van der Waals surface area contributed by atoms with Gasteiger partial charge in [-0.05, 0) is 61.1 Å². The molecule has 2 aliphatic rings. The Labute approximate surface area is 154 Å². The maximum Gasteiger partial charge on any atom is 0.159 e. The van der Waals surface area contributed by atoms with Crippen molar-refractivity contribution in [3.05, 3.63) is 35.4 Å². The molecule has 0 aromatic heterocycles. The third-order valence-electron chi connectivity index (χ3n) is 6.72. The Bertz CT molecular complexity index is 529. The quantitative estimate of drug-likeness (QED) is 0.366. The maximum atomic E-state index is 13.5. The Balaban J connectivity index is 1.43. The van der Waals surface area contributed by atoms with Crippen molar-refractivity contribution in [1.82, 2.24) is 0 Å². The third kappa shape index (κ3) is 5.15. The average Bonchev–Trinajstić information content (AvgIpc) is 2.65. The van der Waals surface area contributed by atoms with Gasteiger partial charge in [0.15, 0.2) is 11.6 Å². The summed E-state index contributed by atoms with van der Waals surface area (Å²) >= 11 is 0. The van der Waals surface area contributed by atoms with Crippen LogP contribution in [0.25, 0.3) is 0 Å². The van der Waals surface area contributed by atoms with E-state index in [1.54, 1.807) is 24.2 Å². The van der Waals surface area contributed by atoms with E-state index in [1.807, 2.05) is 0 Å². The highest BCUT2D eigenvalue weighted by atomic mass is 28.3. The highest BCUT2D eigenvalue weighted by Crippen LogP contribution is 2.43. The molecule has 0 atom stereocenters. The topological polar surface area (TPSA) is 0 Å². The summed E-state index contributed by atoms with van der Waals surface area (Å²) in [7, 11) is -0.0299. The van der Waals surface area contributed by atoms with Crippen LogP contribution in [-0.2, 0) is 0 Å². The van der Waals surface area contributed by atoms with E-state index in [-0.39, 0.29) is 8.80 Å². The second-order valence-corrected chi connectivity index (χ2v) is 11.3. The zero-order valence-corrected chi connectivity index (χ0v) is 16.7. The lowest BCUT2D eigenvalue weighted by Gasteiger charge is -2.37. The summed E-state index contributed by atoms with van der Waals surface area (Å²) in [6, 6.07) is 9.14. The smallest absolute Gasteiger partial charge is 0.159 e. The summed E-state index contributed by atoms with van der Waals surface area (Å²) in [6.45, 7) is 2.30. The molecule has 0 spiro atoms. The van der Waals surface area contributed by atoms with Gasteiger partial charge >= 0.3 is 0 Å². The first-order valence-corrected chi connectivity index (χ1v) is 12.6. The van der Waals surface area contributed by atoms with Crippen molar-refractivity contribution < 1.29 is 8.78 Å². The molecule has 1 saturated carbocycles. The monoisotopic (exact) mass is 363 g/mol. The van der Waals surface area contributed by atoms with E-state index in [0.29, 0.717) is 5.92 Å². The van der Waals surface area contributed by atoms with Crippen LogP contribution in [0, 0.1) is 23.5 Å². The first kappa shape index (κ1) is 19.1. The molecule has 0 bridgehead atoms. The molecule has 1 radical (unpaired) electrons. The van der Waals surface area contributed by atoms with Gasteiger partial charge in [-0.3, -0.25) is 0 Å². The summed E-state index contributed by atoms with van der Waals surface area (Å²) in [4.78, 5) is 0. The summed E-state index contributed by atoms with van der Waals surface area (Å²) in [5, 5.41) is 0. The first-order valence-electron chi connectivity index (χ1n) is 10.5. The van der Waals surface area contributed by atoms with Crippen LogP contribution in [0.2, 0.25) is 18.1 Å². The molecule has 0 amide bonds. The second-order valence-electron chi connectivity index (χ2n) is 8.33. The highest BCUT2D eigenvalue weighted by molar-refractivity contribution is 6.58. The van der Waals surface area contributed by atoms with Crippen LogP contribution >= 0.6 is 0 Å². The zero-order chi connectivity index (χ0) is 17.6. The number of halogens is 2. The summed E-state index contributed by atoms with van der Waals surface area (Å²) in [5.74, 6) is 0.857. The van der Waals surface area contributed by atoms with Gasteiger partial charge in [-0.25, -0.2) is 8.78 Å². The minimum Gasteiger partial charge on any atom is -0.204 e. The number of hydrogen-bond acceptors (Lipinski definition) is 0. The number of rotatable bonds is 6. The molecule has 0 N–H and O–H groups in total. The Morgan fingerprint density at radius 2 is 1.56 bits per heavy atom. The Morgan fingerprint density at radius 1 is 0.880 bits per heavy atom. The van der Waals surface area contributed by atoms with Crippen molar-refractivity contribution in [2.75, 3.05) is 0 Å². The van der Waals surface area contributed by atoms with Crippen molar-refractivity contribution in [1.29, 1.82) is 0 Å². The van der Waals surface area contributed by atoms with Crippen molar-refractivity contribution in [2.45, 2.75) is 88.8 Å². The molecule has 1 aromatic carbocycles. The van der Waals surface area contributed by atoms with Crippen LogP contribution in [0.1, 0.15) is 76.2 Å². The molecule has 25 heavy (non-hydrogen) atoms. The minimum atomic E-state index is -0.726. The third-order valence-corrected chi connectivity index (χ3v) is 9.78. The number of unbranched alkanes of at least 4 members (excludes halogenated alkanes) is 2. The molecule has 3 heteroatoms. The SMILES string of the molecule is CCCCC[Si]1CCC(C2CCC(c3ccc(F)c(F)c3)CC2)CC1.